The number of imidazole rings is 1. The van der Waals surface area contributed by atoms with Gasteiger partial charge in [0.15, 0.2) is 0 Å². The minimum atomic E-state index is -0.445. The number of carbonyl (C=O) groups is 1. The number of nitrogens with zero attached hydrogens (tertiary/aromatic N) is 1. The van der Waals surface area contributed by atoms with Crippen LogP contribution in [0.2, 0.25) is 0 Å². The van der Waals surface area contributed by atoms with Crippen LogP contribution in [0.15, 0.2) is 42.5 Å². The highest BCUT2D eigenvalue weighted by atomic mass is 16.5. The summed E-state index contributed by atoms with van der Waals surface area (Å²) in [4.78, 5) is 19.1. The molecular weight excluding hydrogens is 340 g/mol. The number of fused-ring (bicyclic) bond motifs is 1. The number of nitrogens with two attached hydrogens (primary N) is 1. The lowest BCUT2D eigenvalue weighted by Gasteiger charge is -2.22. The van der Waals surface area contributed by atoms with Gasteiger partial charge >= 0.3 is 0 Å². The number of hydrogen-bond acceptors (Lipinski definition) is 4. The fourth-order valence-corrected chi connectivity index (χ4v) is 3.52. The van der Waals surface area contributed by atoms with Crippen LogP contribution in [0.5, 0.6) is 5.75 Å². The van der Waals surface area contributed by atoms with Crippen molar-refractivity contribution in [2.75, 3.05) is 19.7 Å². The van der Waals surface area contributed by atoms with Gasteiger partial charge in [0.05, 0.1) is 17.6 Å². The summed E-state index contributed by atoms with van der Waals surface area (Å²) in [6.07, 6.45) is 3.59. The highest BCUT2D eigenvalue weighted by Gasteiger charge is 2.13. The van der Waals surface area contributed by atoms with Crippen molar-refractivity contribution in [1.82, 2.24) is 15.3 Å². The molecule has 1 aliphatic heterocycles. The van der Waals surface area contributed by atoms with Crippen LogP contribution in [0.3, 0.4) is 0 Å². The van der Waals surface area contributed by atoms with Gasteiger partial charge in [-0.3, -0.25) is 4.79 Å². The van der Waals surface area contributed by atoms with E-state index in [0.29, 0.717) is 5.56 Å². The molecule has 0 unspecified atom stereocenters. The third-order valence-electron chi connectivity index (χ3n) is 5.15. The fraction of sp³-hybridized carbons (Fsp3) is 0.333. The molecule has 1 fully saturated rings. The van der Waals surface area contributed by atoms with E-state index in [0.717, 1.165) is 60.2 Å². The van der Waals surface area contributed by atoms with Gasteiger partial charge in [-0.05, 0) is 80.7 Å². The predicted molar refractivity (Wildman–Crippen MR) is 106 cm³/mol. The quantitative estimate of drug-likeness (QED) is 0.626. The highest BCUT2D eigenvalue weighted by Crippen LogP contribution is 2.24. The molecule has 1 aromatic heterocycles. The summed E-state index contributed by atoms with van der Waals surface area (Å²) in [5, 5.41) is 3.39. The maximum Gasteiger partial charge on any atom is 0.248 e. The molecule has 27 heavy (non-hydrogen) atoms. The summed E-state index contributed by atoms with van der Waals surface area (Å²) in [7, 11) is 0. The Morgan fingerprint density at radius 2 is 1.93 bits per heavy atom. The van der Waals surface area contributed by atoms with E-state index >= 15 is 0 Å². The molecule has 0 radical (unpaired) electrons. The van der Waals surface area contributed by atoms with Crippen molar-refractivity contribution < 1.29 is 9.53 Å². The van der Waals surface area contributed by atoms with Crippen LogP contribution >= 0.6 is 0 Å². The topological polar surface area (TPSA) is 93.0 Å². The Kier molecular flexibility index (Phi) is 5.07. The second-order valence-corrected chi connectivity index (χ2v) is 7.04. The first-order valence-corrected chi connectivity index (χ1v) is 9.42. The lowest BCUT2D eigenvalue weighted by molar-refractivity contribution is 0.100. The third-order valence-corrected chi connectivity index (χ3v) is 5.15. The van der Waals surface area contributed by atoms with E-state index in [1.165, 1.54) is 12.8 Å². The Balaban J connectivity index is 1.40. The minimum Gasteiger partial charge on any atom is -0.494 e. The summed E-state index contributed by atoms with van der Waals surface area (Å²) in [6.45, 7) is 3.00. The van der Waals surface area contributed by atoms with Gasteiger partial charge in [-0.15, -0.1) is 0 Å². The van der Waals surface area contributed by atoms with Gasteiger partial charge in [-0.2, -0.15) is 0 Å². The van der Waals surface area contributed by atoms with Crippen molar-refractivity contribution in [2.45, 2.75) is 19.3 Å². The Morgan fingerprint density at radius 1 is 1.15 bits per heavy atom. The van der Waals surface area contributed by atoms with Crippen LogP contribution in [0.25, 0.3) is 22.4 Å². The van der Waals surface area contributed by atoms with E-state index in [-0.39, 0.29) is 0 Å². The summed E-state index contributed by atoms with van der Waals surface area (Å²) < 4.78 is 5.90. The van der Waals surface area contributed by atoms with Crippen LogP contribution in [0.4, 0.5) is 0 Å². The van der Waals surface area contributed by atoms with E-state index < -0.39 is 5.91 Å². The zero-order valence-electron chi connectivity index (χ0n) is 15.2. The maximum atomic E-state index is 11.3. The van der Waals surface area contributed by atoms with Gasteiger partial charge < -0.3 is 20.8 Å². The number of H-pyrrole nitrogens is 1. The molecular formula is C21H24N4O2. The Labute approximate surface area is 158 Å². The number of nitrogens with one attached hydrogen (secondary N) is 2. The molecule has 0 atom stereocenters. The molecule has 6 heteroatoms. The Hall–Kier alpha value is -2.86. The summed E-state index contributed by atoms with van der Waals surface area (Å²) in [5.41, 5.74) is 8.37. The Bertz CT molecular complexity index is 927. The standard InChI is InChI=1S/C21H24N4O2/c22-20(26)16-3-6-18-19(13-16)25-21(24-18)15-1-4-17(5-2-15)27-12-9-14-7-10-23-11-8-14/h1-6,13-14,23H,7-12H2,(H2,22,26)(H,24,25). The van der Waals surface area contributed by atoms with E-state index in [9.17, 15) is 4.79 Å². The smallest absolute Gasteiger partial charge is 0.248 e. The van der Waals surface area contributed by atoms with Crippen LogP contribution in [-0.4, -0.2) is 35.6 Å². The van der Waals surface area contributed by atoms with Crippen molar-refractivity contribution in [1.29, 1.82) is 0 Å². The van der Waals surface area contributed by atoms with Gasteiger partial charge in [0.25, 0.3) is 0 Å². The summed E-state index contributed by atoms with van der Waals surface area (Å²) >= 11 is 0. The van der Waals surface area contributed by atoms with Crippen molar-refractivity contribution in [3.05, 3.63) is 48.0 Å². The monoisotopic (exact) mass is 364 g/mol. The predicted octanol–water partition coefficient (Wildman–Crippen LogP) is 3.10. The van der Waals surface area contributed by atoms with Gasteiger partial charge in [-0.25, -0.2) is 4.98 Å². The SMILES string of the molecule is NC(=O)c1ccc2nc(-c3ccc(OCCC4CCNCC4)cc3)[nH]c2c1. The van der Waals surface area contributed by atoms with E-state index in [2.05, 4.69) is 15.3 Å². The van der Waals surface area contributed by atoms with Gasteiger partial charge in [-0.1, -0.05) is 0 Å². The van der Waals surface area contributed by atoms with Crippen molar-refractivity contribution in [3.8, 4) is 17.1 Å². The summed E-state index contributed by atoms with van der Waals surface area (Å²) in [5.74, 6) is 1.96. The van der Waals surface area contributed by atoms with Gasteiger partial charge in [0, 0.05) is 11.1 Å². The van der Waals surface area contributed by atoms with Crippen molar-refractivity contribution >= 4 is 16.9 Å². The molecule has 0 bridgehead atoms. The molecule has 3 aromatic rings. The van der Waals surface area contributed by atoms with E-state index in [1.54, 1.807) is 18.2 Å². The lowest BCUT2D eigenvalue weighted by atomic mass is 9.95. The normalized spacial score (nSPS) is 15.1. The number of hydrogen-bond donors (Lipinski definition) is 3. The molecule has 2 aromatic carbocycles. The molecule has 0 aliphatic carbocycles. The van der Waals surface area contributed by atoms with Gasteiger partial charge in [0.1, 0.15) is 11.6 Å². The average molecular weight is 364 g/mol. The lowest BCUT2D eigenvalue weighted by Crippen LogP contribution is -2.28. The maximum absolute atomic E-state index is 11.3. The van der Waals surface area contributed by atoms with Crippen LogP contribution in [0, 0.1) is 5.92 Å². The molecule has 4 N–H and O–H groups in total. The molecule has 6 nitrogen and oxygen atoms in total. The fourth-order valence-electron chi connectivity index (χ4n) is 3.52. The molecule has 1 amide bonds. The zero-order chi connectivity index (χ0) is 18.6. The number of aromatic nitrogens is 2. The second kappa shape index (κ2) is 7.80. The van der Waals surface area contributed by atoms with Gasteiger partial charge in [0.2, 0.25) is 5.91 Å². The largest absolute Gasteiger partial charge is 0.494 e. The number of ether oxygens (including phenoxy) is 1. The molecule has 1 saturated heterocycles. The molecule has 140 valence electrons. The second-order valence-electron chi connectivity index (χ2n) is 7.04. The zero-order valence-corrected chi connectivity index (χ0v) is 15.2. The van der Waals surface area contributed by atoms with E-state index in [1.807, 2.05) is 24.3 Å². The number of amides is 1. The first kappa shape index (κ1) is 17.5. The first-order valence-electron chi connectivity index (χ1n) is 9.42. The van der Waals surface area contributed by atoms with Crippen LogP contribution in [0.1, 0.15) is 29.6 Å². The average Bonchev–Trinajstić information content (AvgIpc) is 3.12. The molecule has 0 saturated carbocycles. The molecule has 2 heterocycles. The van der Waals surface area contributed by atoms with Crippen LogP contribution in [-0.2, 0) is 0 Å². The molecule has 4 rings (SSSR count). The number of primary amides is 1. The Morgan fingerprint density at radius 3 is 2.67 bits per heavy atom. The number of rotatable bonds is 6. The molecule has 1 aliphatic rings. The highest BCUT2D eigenvalue weighted by molar-refractivity contribution is 5.96. The van der Waals surface area contributed by atoms with Crippen molar-refractivity contribution in [3.63, 3.8) is 0 Å². The number of benzene rings is 2. The van der Waals surface area contributed by atoms with E-state index in [4.69, 9.17) is 10.5 Å². The number of aromatic amines is 1. The first-order chi connectivity index (χ1) is 13.2. The summed E-state index contributed by atoms with van der Waals surface area (Å²) in [6, 6.07) is 13.1. The van der Waals surface area contributed by atoms with Crippen molar-refractivity contribution in [2.24, 2.45) is 11.7 Å². The molecule has 0 spiro atoms. The third kappa shape index (κ3) is 4.11. The number of carbonyl (C=O) groups excluding carboxylic acids is 1. The minimum absolute atomic E-state index is 0.445. The number of piperidine rings is 1. The van der Waals surface area contributed by atoms with Crippen LogP contribution < -0.4 is 15.8 Å².